The number of rotatable bonds is 4. The van der Waals surface area contributed by atoms with E-state index in [1.165, 1.54) is 5.57 Å². The quantitative estimate of drug-likeness (QED) is 0.588. The van der Waals surface area contributed by atoms with Gasteiger partial charge in [0.15, 0.2) is 0 Å². The molecular formula is C17H21BrO3. The highest BCUT2D eigenvalue weighted by Crippen LogP contribution is 2.38. The molecule has 0 amide bonds. The SMILES string of the molecule is CCOC(=O)C[C@]1(C)C=C(C)C[C@H](c2ccc(Br)cc2)O1. The summed E-state index contributed by atoms with van der Waals surface area (Å²) in [5.74, 6) is -0.222. The van der Waals surface area contributed by atoms with E-state index in [2.05, 4.69) is 35.0 Å². The van der Waals surface area contributed by atoms with Crippen molar-refractivity contribution >= 4 is 21.9 Å². The number of carbonyl (C=O) groups excluding carboxylic acids is 1. The lowest BCUT2D eigenvalue weighted by atomic mass is 9.90. The fraction of sp³-hybridized carbons (Fsp3) is 0.471. The fourth-order valence-corrected chi connectivity index (χ4v) is 2.99. The fourth-order valence-electron chi connectivity index (χ4n) is 2.73. The summed E-state index contributed by atoms with van der Waals surface area (Å²) in [5.41, 5.74) is 1.76. The van der Waals surface area contributed by atoms with Gasteiger partial charge in [-0.2, -0.15) is 0 Å². The highest BCUT2D eigenvalue weighted by molar-refractivity contribution is 9.10. The first-order valence-corrected chi connectivity index (χ1v) is 7.98. The molecule has 0 aliphatic carbocycles. The predicted molar refractivity (Wildman–Crippen MR) is 86.0 cm³/mol. The van der Waals surface area contributed by atoms with E-state index in [4.69, 9.17) is 9.47 Å². The molecule has 0 N–H and O–H groups in total. The largest absolute Gasteiger partial charge is 0.466 e. The molecular weight excluding hydrogens is 332 g/mol. The van der Waals surface area contributed by atoms with Crippen molar-refractivity contribution in [2.24, 2.45) is 0 Å². The molecule has 21 heavy (non-hydrogen) atoms. The van der Waals surface area contributed by atoms with Crippen molar-refractivity contribution in [3.8, 4) is 0 Å². The van der Waals surface area contributed by atoms with E-state index in [1.807, 2.05) is 32.1 Å². The molecule has 0 saturated heterocycles. The van der Waals surface area contributed by atoms with Crippen LogP contribution in [0.1, 0.15) is 45.3 Å². The van der Waals surface area contributed by atoms with Crippen molar-refractivity contribution in [3.05, 3.63) is 46.0 Å². The minimum Gasteiger partial charge on any atom is -0.466 e. The van der Waals surface area contributed by atoms with E-state index in [-0.39, 0.29) is 18.5 Å². The lowest BCUT2D eigenvalue weighted by Gasteiger charge is -2.36. The summed E-state index contributed by atoms with van der Waals surface area (Å²) in [5, 5.41) is 0. The normalized spacial score (nSPS) is 25.3. The van der Waals surface area contributed by atoms with E-state index in [0.29, 0.717) is 6.61 Å². The zero-order valence-corrected chi connectivity index (χ0v) is 14.3. The summed E-state index contributed by atoms with van der Waals surface area (Å²) in [6.45, 7) is 6.23. The number of hydrogen-bond acceptors (Lipinski definition) is 3. The van der Waals surface area contributed by atoms with Gasteiger partial charge in [-0.1, -0.05) is 39.7 Å². The van der Waals surface area contributed by atoms with Gasteiger partial charge in [0.2, 0.25) is 0 Å². The third-order valence-corrected chi connectivity index (χ3v) is 4.04. The summed E-state index contributed by atoms with van der Waals surface area (Å²) in [7, 11) is 0. The Morgan fingerprint density at radius 3 is 2.71 bits per heavy atom. The molecule has 3 nitrogen and oxygen atoms in total. The van der Waals surface area contributed by atoms with Gasteiger partial charge in [-0.25, -0.2) is 0 Å². The van der Waals surface area contributed by atoms with Gasteiger partial charge in [0, 0.05) is 4.47 Å². The molecule has 1 aromatic rings. The average Bonchev–Trinajstić information content (AvgIpc) is 2.37. The van der Waals surface area contributed by atoms with Gasteiger partial charge in [0.05, 0.1) is 24.7 Å². The summed E-state index contributed by atoms with van der Waals surface area (Å²) in [6.07, 6.45) is 3.10. The molecule has 0 aromatic heterocycles. The lowest BCUT2D eigenvalue weighted by Crippen LogP contribution is -2.35. The van der Waals surface area contributed by atoms with Crippen LogP contribution in [-0.4, -0.2) is 18.2 Å². The van der Waals surface area contributed by atoms with E-state index in [1.54, 1.807) is 0 Å². The lowest BCUT2D eigenvalue weighted by molar-refractivity contribution is -0.151. The maximum Gasteiger partial charge on any atom is 0.309 e. The standard InChI is InChI=1S/C17H21BrO3/c1-4-20-16(19)11-17(3)10-12(2)9-15(21-17)13-5-7-14(18)8-6-13/h5-8,10,15H,4,9,11H2,1-3H3/t15-,17+/m1/s1. The molecule has 2 rings (SSSR count). The van der Waals surface area contributed by atoms with Gasteiger partial charge in [0.25, 0.3) is 0 Å². The molecule has 0 radical (unpaired) electrons. The maximum absolute atomic E-state index is 11.8. The first-order valence-electron chi connectivity index (χ1n) is 7.19. The van der Waals surface area contributed by atoms with E-state index in [9.17, 15) is 4.79 Å². The highest BCUT2D eigenvalue weighted by Gasteiger charge is 2.34. The first kappa shape index (κ1) is 16.2. The minimum absolute atomic E-state index is 0.0254. The van der Waals surface area contributed by atoms with Crippen LogP contribution in [0.4, 0.5) is 0 Å². The van der Waals surface area contributed by atoms with Crippen molar-refractivity contribution in [1.82, 2.24) is 0 Å². The topological polar surface area (TPSA) is 35.5 Å². The van der Waals surface area contributed by atoms with Crippen molar-refractivity contribution < 1.29 is 14.3 Å². The van der Waals surface area contributed by atoms with Crippen LogP contribution < -0.4 is 0 Å². The third kappa shape index (κ3) is 4.42. The molecule has 0 bridgehead atoms. The van der Waals surface area contributed by atoms with Crippen LogP contribution in [0.15, 0.2) is 40.4 Å². The van der Waals surface area contributed by atoms with E-state index >= 15 is 0 Å². The molecule has 0 spiro atoms. The van der Waals surface area contributed by atoms with E-state index < -0.39 is 5.60 Å². The number of benzene rings is 1. The molecule has 0 fully saturated rings. The molecule has 2 atom stereocenters. The second-order valence-corrected chi connectivity index (χ2v) is 6.56. The van der Waals surface area contributed by atoms with Crippen LogP contribution in [0.3, 0.4) is 0 Å². The van der Waals surface area contributed by atoms with Gasteiger partial charge >= 0.3 is 5.97 Å². The molecule has 1 aromatic carbocycles. The van der Waals surface area contributed by atoms with Crippen LogP contribution >= 0.6 is 15.9 Å². The number of ether oxygens (including phenoxy) is 2. The summed E-state index contributed by atoms with van der Waals surface area (Å²) in [4.78, 5) is 11.8. The van der Waals surface area contributed by atoms with Gasteiger partial charge in [-0.05, 0) is 44.9 Å². The first-order chi connectivity index (χ1) is 9.92. The van der Waals surface area contributed by atoms with Crippen LogP contribution in [0.5, 0.6) is 0 Å². The molecule has 1 aliphatic rings. The Morgan fingerprint density at radius 1 is 1.43 bits per heavy atom. The molecule has 0 unspecified atom stereocenters. The van der Waals surface area contributed by atoms with E-state index in [0.717, 1.165) is 16.5 Å². The predicted octanol–water partition coefficient (Wildman–Crippen LogP) is 4.57. The van der Waals surface area contributed by atoms with Crippen LogP contribution in [0.25, 0.3) is 0 Å². The average molecular weight is 353 g/mol. The Balaban J connectivity index is 2.16. The van der Waals surface area contributed by atoms with Crippen LogP contribution in [-0.2, 0) is 14.3 Å². The Morgan fingerprint density at radius 2 is 2.10 bits per heavy atom. The van der Waals surface area contributed by atoms with Gasteiger partial charge < -0.3 is 9.47 Å². The summed E-state index contributed by atoms with van der Waals surface area (Å²) in [6, 6.07) is 8.13. The molecule has 114 valence electrons. The third-order valence-electron chi connectivity index (χ3n) is 3.51. The van der Waals surface area contributed by atoms with Gasteiger partial charge in [-0.3, -0.25) is 4.79 Å². The molecule has 4 heteroatoms. The highest BCUT2D eigenvalue weighted by atomic mass is 79.9. The number of hydrogen-bond donors (Lipinski definition) is 0. The van der Waals surface area contributed by atoms with Crippen molar-refractivity contribution in [2.75, 3.05) is 6.61 Å². The van der Waals surface area contributed by atoms with Crippen molar-refractivity contribution in [2.45, 2.75) is 45.3 Å². The zero-order chi connectivity index (χ0) is 15.5. The molecule has 1 heterocycles. The Labute approximate surface area is 134 Å². The maximum atomic E-state index is 11.8. The zero-order valence-electron chi connectivity index (χ0n) is 12.7. The number of esters is 1. The Bertz CT molecular complexity index is 535. The van der Waals surface area contributed by atoms with Gasteiger partial charge in [0.1, 0.15) is 0 Å². The smallest absolute Gasteiger partial charge is 0.309 e. The second-order valence-electron chi connectivity index (χ2n) is 5.65. The van der Waals surface area contributed by atoms with Crippen molar-refractivity contribution in [3.63, 3.8) is 0 Å². The Hall–Kier alpha value is -1.13. The molecule has 0 saturated carbocycles. The summed E-state index contributed by atoms with van der Waals surface area (Å²) < 4.78 is 12.3. The van der Waals surface area contributed by atoms with Crippen LogP contribution in [0, 0.1) is 0 Å². The number of halogens is 1. The van der Waals surface area contributed by atoms with Gasteiger partial charge in [-0.15, -0.1) is 0 Å². The summed E-state index contributed by atoms with van der Waals surface area (Å²) >= 11 is 3.44. The molecule has 1 aliphatic heterocycles. The monoisotopic (exact) mass is 352 g/mol. The minimum atomic E-state index is -0.605. The van der Waals surface area contributed by atoms with Crippen LogP contribution in [0.2, 0.25) is 0 Å². The Kier molecular flexibility index (Phi) is 5.22. The second kappa shape index (κ2) is 6.75. The number of carbonyl (C=O) groups is 1. The van der Waals surface area contributed by atoms with Crippen molar-refractivity contribution in [1.29, 1.82) is 0 Å².